The molecule has 118 valence electrons. The van der Waals surface area contributed by atoms with Gasteiger partial charge in [-0.3, -0.25) is 4.79 Å². The SMILES string of the molecule is COc1ccc(C(N)CC(C)(C)C(=O)O)c(OC)c1OC. The Morgan fingerprint density at radius 3 is 2.19 bits per heavy atom. The molecule has 6 heteroatoms. The van der Waals surface area contributed by atoms with Crippen molar-refractivity contribution in [2.24, 2.45) is 11.1 Å². The molecule has 0 radical (unpaired) electrons. The zero-order chi connectivity index (χ0) is 16.2. The maximum absolute atomic E-state index is 11.2. The summed E-state index contributed by atoms with van der Waals surface area (Å²) in [5.41, 5.74) is 5.92. The van der Waals surface area contributed by atoms with E-state index >= 15 is 0 Å². The lowest BCUT2D eigenvalue weighted by molar-refractivity contribution is -0.147. The Labute approximate surface area is 124 Å². The molecule has 0 aliphatic carbocycles. The molecular formula is C15H23NO5. The van der Waals surface area contributed by atoms with E-state index in [-0.39, 0.29) is 6.42 Å². The first kappa shape index (κ1) is 17.1. The van der Waals surface area contributed by atoms with Gasteiger partial charge < -0.3 is 25.1 Å². The van der Waals surface area contributed by atoms with Crippen LogP contribution < -0.4 is 19.9 Å². The first-order chi connectivity index (χ1) is 9.78. The van der Waals surface area contributed by atoms with E-state index in [9.17, 15) is 9.90 Å². The van der Waals surface area contributed by atoms with Crippen molar-refractivity contribution in [3.05, 3.63) is 17.7 Å². The van der Waals surface area contributed by atoms with Gasteiger partial charge in [-0.2, -0.15) is 0 Å². The summed E-state index contributed by atoms with van der Waals surface area (Å²) in [4.78, 5) is 11.2. The summed E-state index contributed by atoms with van der Waals surface area (Å²) >= 11 is 0. The van der Waals surface area contributed by atoms with Gasteiger partial charge in [0.2, 0.25) is 5.75 Å². The van der Waals surface area contributed by atoms with Crippen LogP contribution in [0.3, 0.4) is 0 Å². The molecule has 1 atom stereocenters. The third-order valence-corrected chi connectivity index (χ3v) is 3.44. The van der Waals surface area contributed by atoms with Crippen molar-refractivity contribution in [2.75, 3.05) is 21.3 Å². The smallest absolute Gasteiger partial charge is 0.309 e. The van der Waals surface area contributed by atoms with Gasteiger partial charge in [0.15, 0.2) is 11.5 Å². The van der Waals surface area contributed by atoms with Crippen LogP contribution in [0.1, 0.15) is 31.9 Å². The third-order valence-electron chi connectivity index (χ3n) is 3.44. The lowest BCUT2D eigenvalue weighted by atomic mass is 9.83. The summed E-state index contributed by atoms with van der Waals surface area (Å²) in [5.74, 6) is 0.548. The summed E-state index contributed by atoms with van der Waals surface area (Å²) in [7, 11) is 4.55. The maximum atomic E-state index is 11.2. The first-order valence-electron chi connectivity index (χ1n) is 6.56. The lowest BCUT2D eigenvalue weighted by Gasteiger charge is -2.25. The number of carboxylic acids is 1. The van der Waals surface area contributed by atoms with E-state index in [4.69, 9.17) is 19.9 Å². The number of carbonyl (C=O) groups is 1. The quantitative estimate of drug-likeness (QED) is 0.802. The van der Waals surface area contributed by atoms with Crippen LogP contribution in [0.25, 0.3) is 0 Å². The lowest BCUT2D eigenvalue weighted by Crippen LogP contribution is -2.29. The Bertz CT molecular complexity index is 513. The molecule has 0 aromatic heterocycles. The fraction of sp³-hybridized carbons (Fsp3) is 0.533. The summed E-state index contributed by atoms with van der Waals surface area (Å²) in [6.45, 7) is 3.28. The Balaban J connectivity index is 3.21. The monoisotopic (exact) mass is 297 g/mol. The van der Waals surface area contributed by atoms with E-state index < -0.39 is 17.4 Å². The second-order valence-corrected chi connectivity index (χ2v) is 5.42. The molecule has 6 nitrogen and oxygen atoms in total. The number of nitrogens with two attached hydrogens (primary N) is 1. The standard InChI is InChI=1S/C15H23NO5/c1-15(2,14(17)18)8-10(16)9-6-7-11(19-3)13(21-5)12(9)20-4/h6-7,10H,8,16H2,1-5H3,(H,17,18). The number of hydrogen-bond acceptors (Lipinski definition) is 5. The Morgan fingerprint density at radius 1 is 1.19 bits per heavy atom. The highest BCUT2D eigenvalue weighted by molar-refractivity contribution is 5.73. The van der Waals surface area contributed by atoms with Gasteiger partial charge in [-0.1, -0.05) is 0 Å². The van der Waals surface area contributed by atoms with Crippen LogP contribution in [0.2, 0.25) is 0 Å². The van der Waals surface area contributed by atoms with Crippen LogP contribution in [0.4, 0.5) is 0 Å². The van der Waals surface area contributed by atoms with Crippen LogP contribution in [-0.2, 0) is 4.79 Å². The van der Waals surface area contributed by atoms with Crippen LogP contribution in [0.15, 0.2) is 12.1 Å². The fourth-order valence-electron chi connectivity index (χ4n) is 2.16. The van der Waals surface area contributed by atoms with Crippen molar-refractivity contribution in [1.82, 2.24) is 0 Å². The molecule has 21 heavy (non-hydrogen) atoms. The minimum absolute atomic E-state index is 0.272. The van der Waals surface area contributed by atoms with Gasteiger partial charge in [0.05, 0.1) is 26.7 Å². The largest absolute Gasteiger partial charge is 0.493 e. The highest BCUT2D eigenvalue weighted by Gasteiger charge is 2.31. The molecule has 0 fully saturated rings. The van der Waals surface area contributed by atoms with Gasteiger partial charge in [-0.15, -0.1) is 0 Å². The highest BCUT2D eigenvalue weighted by Crippen LogP contribution is 2.43. The van der Waals surface area contributed by atoms with Crippen molar-refractivity contribution >= 4 is 5.97 Å². The van der Waals surface area contributed by atoms with Gasteiger partial charge >= 0.3 is 5.97 Å². The minimum atomic E-state index is -0.933. The molecular weight excluding hydrogens is 274 g/mol. The Kier molecular flexibility index (Phi) is 5.43. The number of benzene rings is 1. The molecule has 1 unspecified atom stereocenters. The Morgan fingerprint density at radius 2 is 1.76 bits per heavy atom. The van der Waals surface area contributed by atoms with Gasteiger partial charge in [-0.25, -0.2) is 0 Å². The van der Waals surface area contributed by atoms with Crippen LogP contribution >= 0.6 is 0 Å². The van der Waals surface area contributed by atoms with E-state index in [1.165, 1.54) is 21.3 Å². The van der Waals surface area contributed by atoms with Gasteiger partial charge in [-0.05, 0) is 32.4 Å². The fourth-order valence-corrected chi connectivity index (χ4v) is 2.16. The van der Waals surface area contributed by atoms with Crippen LogP contribution in [-0.4, -0.2) is 32.4 Å². The molecule has 0 aliphatic rings. The summed E-state index contributed by atoms with van der Waals surface area (Å²) < 4.78 is 15.9. The van der Waals surface area contributed by atoms with Gasteiger partial charge in [0.1, 0.15) is 0 Å². The molecule has 0 aliphatic heterocycles. The zero-order valence-corrected chi connectivity index (χ0v) is 13.1. The molecule has 0 spiro atoms. The Hall–Kier alpha value is -1.95. The maximum Gasteiger partial charge on any atom is 0.309 e. The summed E-state index contributed by atoms with van der Waals surface area (Å²) in [6, 6.07) is 3.00. The van der Waals surface area contributed by atoms with Gasteiger partial charge in [0, 0.05) is 11.6 Å². The van der Waals surface area contributed by atoms with E-state index in [2.05, 4.69) is 0 Å². The molecule has 1 aromatic rings. The van der Waals surface area contributed by atoms with Crippen molar-refractivity contribution in [3.8, 4) is 17.2 Å². The number of methoxy groups -OCH3 is 3. The predicted molar refractivity (Wildman–Crippen MR) is 79.1 cm³/mol. The molecule has 0 saturated carbocycles. The zero-order valence-electron chi connectivity index (χ0n) is 13.1. The molecule has 1 aromatic carbocycles. The van der Waals surface area contributed by atoms with E-state index in [1.54, 1.807) is 26.0 Å². The summed E-state index contributed by atoms with van der Waals surface area (Å²) in [6.07, 6.45) is 0.272. The number of hydrogen-bond donors (Lipinski definition) is 2. The molecule has 0 heterocycles. The van der Waals surface area contributed by atoms with E-state index in [0.717, 1.165) is 0 Å². The second kappa shape index (κ2) is 6.67. The first-order valence-corrected chi connectivity index (χ1v) is 6.56. The van der Waals surface area contributed by atoms with Crippen LogP contribution in [0, 0.1) is 5.41 Å². The molecule has 1 rings (SSSR count). The number of aliphatic carboxylic acids is 1. The normalized spacial score (nSPS) is 12.7. The predicted octanol–water partition coefficient (Wildman–Crippen LogP) is 2.21. The van der Waals surface area contributed by atoms with E-state index in [1.807, 2.05) is 0 Å². The molecule has 3 N–H and O–H groups in total. The highest BCUT2D eigenvalue weighted by atomic mass is 16.5. The average molecular weight is 297 g/mol. The minimum Gasteiger partial charge on any atom is -0.493 e. The number of ether oxygens (including phenoxy) is 3. The topological polar surface area (TPSA) is 91.0 Å². The average Bonchev–Trinajstić information content (AvgIpc) is 2.44. The van der Waals surface area contributed by atoms with E-state index in [0.29, 0.717) is 22.8 Å². The van der Waals surface area contributed by atoms with Crippen LogP contribution in [0.5, 0.6) is 17.2 Å². The van der Waals surface area contributed by atoms with Crippen molar-refractivity contribution < 1.29 is 24.1 Å². The third kappa shape index (κ3) is 3.58. The van der Waals surface area contributed by atoms with Crippen molar-refractivity contribution in [2.45, 2.75) is 26.3 Å². The van der Waals surface area contributed by atoms with Gasteiger partial charge in [0.25, 0.3) is 0 Å². The van der Waals surface area contributed by atoms with Crippen molar-refractivity contribution in [1.29, 1.82) is 0 Å². The van der Waals surface area contributed by atoms with Crippen molar-refractivity contribution in [3.63, 3.8) is 0 Å². The summed E-state index contributed by atoms with van der Waals surface area (Å²) in [5, 5.41) is 9.21. The number of carboxylic acid groups (broad SMARTS) is 1. The molecule has 0 saturated heterocycles. The molecule has 0 bridgehead atoms. The second-order valence-electron chi connectivity index (χ2n) is 5.42. The number of rotatable bonds is 7. The molecule has 0 amide bonds.